The van der Waals surface area contributed by atoms with Gasteiger partial charge in [-0.2, -0.15) is 0 Å². The van der Waals surface area contributed by atoms with Crippen molar-refractivity contribution in [2.24, 2.45) is 0 Å². The van der Waals surface area contributed by atoms with Gasteiger partial charge in [0.1, 0.15) is 5.76 Å². The lowest BCUT2D eigenvalue weighted by molar-refractivity contribution is -0.134. The quantitative estimate of drug-likeness (QED) is 0.653. The van der Waals surface area contributed by atoms with E-state index in [2.05, 4.69) is 10.2 Å². The molecule has 102 valence electrons. The molecule has 0 atom stereocenters. The fraction of sp³-hybridized carbons (Fsp3) is 0.385. The number of amides is 1. The summed E-state index contributed by atoms with van der Waals surface area (Å²) in [6.07, 6.45) is 4.87. The van der Waals surface area contributed by atoms with Gasteiger partial charge < -0.3 is 9.15 Å². The van der Waals surface area contributed by atoms with E-state index < -0.39 is 5.97 Å². The average molecular weight is 264 g/mol. The van der Waals surface area contributed by atoms with Crippen molar-refractivity contribution in [1.82, 2.24) is 10.4 Å². The number of methoxy groups -OCH3 is 1. The Hall–Kier alpha value is -2.08. The van der Waals surface area contributed by atoms with E-state index in [0.717, 1.165) is 25.9 Å². The van der Waals surface area contributed by atoms with Gasteiger partial charge in [0.15, 0.2) is 5.76 Å². The summed E-state index contributed by atoms with van der Waals surface area (Å²) in [5, 5.41) is 1.87. The van der Waals surface area contributed by atoms with Crippen LogP contribution in [0.3, 0.4) is 0 Å². The molecule has 2 rings (SSSR count). The summed E-state index contributed by atoms with van der Waals surface area (Å²) < 4.78 is 9.78. The first kappa shape index (κ1) is 13.4. The molecule has 1 amide bonds. The summed E-state index contributed by atoms with van der Waals surface area (Å²) in [4.78, 5) is 22.8. The fourth-order valence-electron chi connectivity index (χ4n) is 1.81. The van der Waals surface area contributed by atoms with Gasteiger partial charge in [-0.15, -0.1) is 0 Å². The van der Waals surface area contributed by atoms with Gasteiger partial charge in [-0.1, -0.05) is 0 Å². The number of hydrogen-bond acceptors (Lipinski definition) is 5. The molecule has 0 spiro atoms. The average Bonchev–Trinajstić information content (AvgIpc) is 3.06. The van der Waals surface area contributed by atoms with E-state index >= 15 is 0 Å². The number of hydrazine groups is 1. The largest absolute Gasteiger partial charge is 0.466 e. The molecule has 0 aromatic carbocycles. The lowest BCUT2D eigenvalue weighted by Crippen LogP contribution is -2.39. The molecule has 1 saturated heterocycles. The maximum Gasteiger partial charge on any atom is 0.330 e. The number of esters is 1. The third-order valence-corrected chi connectivity index (χ3v) is 2.80. The zero-order valence-electron chi connectivity index (χ0n) is 10.7. The Balaban J connectivity index is 1.94. The first-order valence-corrected chi connectivity index (χ1v) is 6.11. The molecule has 1 N–H and O–H groups in total. The van der Waals surface area contributed by atoms with Gasteiger partial charge in [0.2, 0.25) is 0 Å². The van der Waals surface area contributed by atoms with Crippen molar-refractivity contribution in [2.75, 3.05) is 20.2 Å². The molecule has 0 radical (unpaired) electrons. The lowest BCUT2D eigenvalue weighted by atomic mass is 10.4. The van der Waals surface area contributed by atoms with Crippen molar-refractivity contribution >= 4 is 18.0 Å². The van der Waals surface area contributed by atoms with E-state index in [-0.39, 0.29) is 11.7 Å². The number of carbonyl (C=O) groups is 2. The molecule has 6 heteroatoms. The molecule has 1 fully saturated rings. The molecule has 1 aliphatic heterocycles. The second kappa shape index (κ2) is 6.19. The number of ether oxygens (including phenoxy) is 1. The van der Waals surface area contributed by atoms with Gasteiger partial charge in [0, 0.05) is 19.2 Å². The minimum absolute atomic E-state index is 0.219. The normalized spacial score (nSPS) is 15.8. The number of nitrogens with zero attached hydrogens (tertiary/aromatic N) is 1. The predicted octanol–water partition coefficient (Wildman–Crippen LogP) is 1.21. The van der Waals surface area contributed by atoms with Crippen molar-refractivity contribution in [3.8, 4) is 0 Å². The summed E-state index contributed by atoms with van der Waals surface area (Å²) in [5.41, 5.74) is 2.77. The summed E-state index contributed by atoms with van der Waals surface area (Å²) in [6.45, 7) is 1.73. The van der Waals surface area contributed by atoms with Crippen LogP contribution < -0.4 is 5.43 Å². The van der Waals surface area contributed by atoms with Crippen LogP contribution in [-0.2, 0) is 9.53 Å². The minimum atomic E-state index is -0.473. The maximum absolute atomic E-state index is 11.8. The lowest BCUT2D eigenvalue weighted by Gasteiger charge is -2.14. The molecule has 0 bridgehead atoms. The Morgan fingerprint density at radius 2 is 2.11 bits per heavy atom. The second-order valence-electron chi connectivity index (χ2n) is 4.19. The van der Waals surface area contributed by atoms with E-state index in [1.165, 1.54) is 19.3 Å². The first-order chi connectivity index (χ1) is 9.19. The Labute approximate surface area is 111 Å². The van der Waals surface area contributed by atoms with Gasteiger partial charge in [0.05, 0.1) is 7.11 Å². The summed E-state index contributed by atoms with van der Waals surface area (Å²) >= 11 is 0. The molecule has 1 aromatic rings. The van der Waals surface area contributed by atoms with Gasteiger partial charge in [-0.3, -0.25) is 10.2 Å². The molecule has 1 aliphatic rings. The summed E-state index contributed by atoms with van der Waals surface area (Å²) in [7, 11) is 1.30. The Morgan fingerprint density at radius 1 is 1.37 bits per heavy atom. The van der Waals surface area contributed by atoms with E-state index in [4.69, 9.17) is 4.42 Å². The van der Waals surface area contributed by atoms with E-state index in [0.29, 0.717) is 5.76 Å². The van der Waals surface area contributed by atoms with Crippen molar-refractivity contribution in [3.63, 3.8) is 0 Å². The molecular formula is C13H16N2O4. The van der Waals surface area contributed by atoms with Crippen LogP contribution in [0.4, 0.5) is 0 Å². The molecule has 2 heterocycles. The fourth-order valence-corrected chi connectivity index (χ4v) is 1.81. The summed E-state index contributed by atoms with van der Waals surface area (Å²) in [6, 6.07) is 3.20. The van der Waals surface area contributed by atoms with Crippen molar-refractivity contribution in [3.05, 3.63) is 29.7 Å². The Morgan fingerprint density at radius 3 is 2.79 bits per heavy atom. The molecule has 0 aliphatic carbocycles. The van der Waals surface area contributed by atoms with Crippen molar-refractivity contribution in [1.29, 1.82) is 0 Å². The van der Waals surface area contributed by atoms with Gasteiger partial charge in [0.25, 0.3) is 0 Å². The maximum atomic E-state index is 11.8. The monoisotopic (exact) mass is 264 g/mol. The van der Waals surface area contributed by atoms with Crippen LogP contribution in [0.2, 0.25) is 0 Å². The number of hydrogen-bond donors (Lipinski definition) is 1. The Bertz CT molecular complexity index is 487. The van der Waals surface area contributed by atoms with Crippen LogP contribution >= 0.6 is 0 Å². The van der Waals surface area contributed by atoms with E-state index in [9.17, 15) is 9.59 Å². The highest BCUT2D eigenvalue weighted by molar-refractivity contribution is 5.91. The van der Waals surface area contributed by atoms with Crippen LogP contribution in [0.1, 0.15) is 29.2 Å². The van der Waals surface area contributed by atoms with Crippen LogP contribution in [0.15, 0.2) is 22.6 Å². The number of nitrogens with one attached hydrogen (secondary N) is 1. The van der Waals surface area contributed by atoms with Crippen LogP contribution in [0, 0.1) is 0 Å². The zero-order chi connectivity index (χ0) is 13.7. The number of furan rings is 1. The second-order valence-corrected chi connectivity index (χ2v) is 4.19. The van der Waals surface area contributed by atoms with Crippen LogP contribution in [0.25, 0.3) is 6.08 Å². The highest BCUT2D eigenvalue weighted by Crippen LogP contribution is 2.11. The van der Waals surface area contributed by atoms with E-state index in [1.54, 1.807) is 12.1 Å². The first-order valence-electron chi connectivity index (χ1n) is 6.11. The SMILES string of the molecule is COC(=O)C=Cc1ccc(C(=O)NN2CCCC2)o1. The number of rotatable bonds is 4. The van der Waals surface area contributed by atoms with Crippen LogP contribution in [-0.4, -0.2) is 37.1 Å². The molecule has 6 nitrogen and oxygen atoms in total. The zero-order valence-corrected chi connectivity index (χ0v) is 10.7. The van der Waals surface area contributed by atoms with Crippen LogP contribution in [0.5, 0.6) is 0 Å². The third kappa shape index (κ3) is 3.69. The highest BCUT2D eigenvalue weighted by Gasteiger charge is 2.17. The number of carbonyl (C=O) groups excluding carboxylic acids is 2. The molecule has 0 saturated carbocycles. The summed E-state index contributed by atoms with van der Waals surface area (Å²) in [5.74, 6) is -0.104. The van der Waals surface area contributed by atoms with E-state index in [1.807, 2.05) is 5.01 Å². The minimum Gasteiger partial charge on any atom is -0.466 e. The van der Waals surface area contributed by atoms with Gasteiger partial charge in [-0.05, 0) is 31.1 Å². The Kier molecular flexibility index (Phi) is 4.35. The van der Waals surface area contributed by atoms with Gasteiger partial charge >= 0.3 is 11.9 Å². The molecule has 0 unspecified atom stereocenters. The predicted molar refractivity (Wildman–Crippen MR) is 68.0 cm³/mol. The van der Waals surface area contributed by atoms with Gasteiger partial charge in [-0.25, -0.2) is 9.80 Å². The smallest absolute Gasteiger partial charge is 0.330 e. The van der Waals surface area contributed by atoms with Crippen molar-refractivity contribution in [2.45, 2.75) is 12.8 Å². The molecule has 19 heavy (non-hydrogen) atoms. The topological polar surface area (TPSA) is 71.8 Å². The third-order valence-electron chi connectivity index (χ3n) is 2.80. The molecular weight excluding hydrogens is 248 g/mol. The standard InChI is InChI=1S/C13H16N2O4/c1-18-12(16)7-5-10-4-6-11(19-10)13(17)14-15-8-2-3-9-15/h4-7H,2-3,8-9H2,1H3,(H,14,17). The highest BCUT2D eigenvalue weighted by atomic mass is 16.5. The van der Waals surface area contributed by atoms with Crippen molar-refractivity contribution < 1.29 is 18.7 Å². The molecule has 1 aromatic heterocycles.